The Hall–Kier alpha value is -1.48. The third-order valence-electron chi connectivity index (χ3n) is 2.40. The molecule has 0 saturated carbocycles. The van der Waals surface area contributed by atoms with Crippen molar-refractivity contribution in [3.8, 4) is 11.4 Å². The molecular weight excluding hydrogens is 212 g/mol. The molecule has 0 aliphatic heterocycles. The third-order valence-corrected chi connectivity index (χ3v) is 2.63. The number of benzene rings is 1. The fraction of sp³-hybridized carbons (Fsp3) is 0.182. The van der Waals surface area contributed by atoms with Gasteiger partial charge in [0.25, 0.3) is 0 Å². The maximum atomic E-state index is 9.77. The molecule has 3 nitrogen and oxygen atoms in total. The summed E-state index contributed by atoms with van der Waals surface area (Å²) in [4.78, 5) is 4.28. The van der Waals surface area contributed by atoms with Crippen LogP contribution in [0.15, 0.2) is 24.3 Å². The van der Waals surface area contributed by atoms with Gasteiger partial charge in [0.15, 0.2) is 5.82 Å². The summed E-state index contributed by atoms with van der Waals surface area (Å²) >= 11 is 5.88. The van der Waals surface area contributed by atoms with E-state index in [1.165, 1.54) is 0 Å². The highest BCUT2D eigenvalue weighted by Gasteiger charge is 2.11. The molecule has 1 heterocycles. The second kappa shape index (κ2) is 3.59. The van der Waals surface area contributed by atoms with Crippen molar-refractivity contribution >= 4 is 11.6 Å². The molecule has 78 valence electrons. The van der Waals surface area contributed by atoms with E-state index in [-0.39, 0.29) is 0 Å². The summed E-state index contributed by atoms with van der Waals surface area (Å²) in [5.74, 6) is 0.521. The van der Waals surface area contributed by atoms with Gasteiger partial charge in [-0.1, -0.05) is 23.7 Å². The molecule has 0 aliphatic rings. The fourth-order valence-corrected chi connectivity index (χ4v) is 1.60. The maximum absolute atomic E-state index is 9.77. The zero-order valence-electron chi connectivity index (χ0n) is 8.53. The van der Waals surface area contributed by atoms with Crippen LogP contribution in [0.3, 0.4) is 0 Å². The Labute approximate surface area is 92.9 Å². The Morgan fingerprint density at radius 2 is 2.07 bits per heavy atom. The monoisotopic (exact) mass is 222 g/mol. The van der Waals surface area contributed by atoms with Crippen molar-refractivity contribution in [1.29, 1.82) is 0 Å². The lowest BCUT2D eigenvalue weighted by Crippen LogP contribution is -1.96. The molecule has 0 fully saturated rings. The maximum Gasteiger partial charge on any atom is 0.175 e. The summed E-state index contributed by atoms with van der Waals surface area (Å²) in [5.41, 5.74) is 2.36. The molecule has 0 spiro atoms. The summed E-state index contributed by atoms with van der Waals surface area (Å²) in [7, 11) is 0. The van der Waals surface area contributed by atoms with Crippen LogP contribution in [-0.4, -0.2) is 14.9 Å². The van der Waals surface area contributed by atoms with E-state index in [1.807, 2.05) is 26.0 Å². The van der Waals surface area contributed by atoms with Gasteiger partial charge < -0.3 is 5.21 Å². The Morgan fingerprint density at radius 3 is 2.60 bits per heavy atom. The van der Waals surface area contributed by atoms with Crippen LogP contribution < -0.4 is 0 Å². The molecule has 1 N–H and O–H groups in total. The van der Waals surface area contributed by atoms with Crippen LogP contribution in [0.4, 0.5) is 0 Å². The smallest absolute Gasteiger partial charge is 0.175 e. The molecule has 0 bridgehead atoms. The Morgan fingerprint density at radius 1 is 1.33 bits per heavy atom. The first-order valence-electron chi connectivity index (χ1n) is 4.60. The molecule has 0 amide bonds. The molecular formula is C11H11ClN2O. The Balaban J connectivity index is 2.59. The molecule has 0 aliphatic carbocycles. The van der Waals surface area contributed by atoms with Crippen molar-refractivity contribution in [2.24, 2.45) is 0 Å². The van der Waals surface area contributed by atoms with Crippen molar-refractivity contribution in [1.82, 2.24) is 9.71 Å². The van der Waals surface area contributed by atoms with Crippen molar-refractivity contribution < 1.29 is 5.21 Å². The lowest BCUT2D eigenvalue weighted by atomic mass is 10.2. The summed E-state index contributed by atoms with van der Waals surface area (Å²) in [6.07, 6.45) is 0. The van der Waals surface area contributed by atoms with Gasteiger partial charge in [0.05, 0.1) is 11.4 Å². The minimum Gasteiger partial charge on any atom is -0.427 e. The average Bonchev–Trinajstić information content (AvgIpc) is 2.46. The van der Waals surface area contributed by atoms with Gasteiger partial charge in [0.2, 0.25) is 0 Å². The first-order valence-corrected chi connectivity index (χ1v) is 4.98. The van der Waals surface area contributed by atoms with E-state index < -0.39 is 0 Å². The van der Waals surface area contributed by atoms with E-state index in [0.717, 1.165) is 21.7 Å². The van der Waals surface area contributed by atoms with Crippen molar-refractivity contribution in [3.05, 3.63) is 40.7 Å². The van der Waals surface area contributed by atoms with Crippen LogP contribution in [0.25, 0.3) is 11.4 Å². The van der Waals surface area contributed by atoms with Crippen LogP contribution in [0, 0.1) is 13.8 Å². The van der Waals surface area contributed by atoms with Crippen LogP contribution in [0.1, 0.15) is 11.4 Å². The standard InChI is InChI=1S/C11H11ClN2O/c1-7-8(2)14(15)11(13-7)9-4-3-5-10(12)6-9/h3-6,15H,1-2H3. The number of hydrogen-bond donors (Lipinski definition) is 1. The summed E-state index contributed by atoms with van der Waals surface area (Å²) in [5, 5.41) is 10.4. The van der Waals surface area contributed by atoms with Gasteiger partial charge >= 0.3 is 0 Å². The minimum absolute atomic E-state index is 0.521. The largest absolute Gasteiger partial charge is 0.427 e. The van der Waals surface area contributed by atoms with Crippen molar-refractivity contribution in [2.75, 3.05) is 0 Å². The molecule has 1 aromatic heterocycles. The Kier molecular flexibility index (Phi) is 2.40. The normalized spacial score (nSPS) is 10.6. The zero-order valence-corrected chi connectivity index (χ0v) is 9.28. The molecule has 2 rings (SSSR count). The van der Waals surface area contributed by atoms with Gasteiger partial charge in [-0.05, 0) is 26.0 Å². The van der Waals surface area contributed by atoms with E-state index in [4.69, 9.17) is 11.6 Å². The zero-order chi connectivity index (χ0) is 11.0. The molecule has 0 atom stereocenters. The Bertz CT molecular complexity index is 505. The fourth-order valence-electron chi connectivity index (χ4n) is 1.41. The van der Waals surface area contributed by atoms with E-state index in [0.29, 0.717) is 10.8 Å². The topological polar surface area (TPSA) is 38.0 Å². The summed E-state index contributed by atoms with van der Waals surface area (Å²) in [6, 6.07) is 7.25. The molecule has 1 aromatic carbocycles. The molecule has 2 aromatic rings. The summed E-state index contributed by atoms with van der Waals surface area (Å²) < 4.78 is 1.08. The first kappa shape index (κ1) is 10.1. The van der Waals surface area contributed by atoms with Gasteiger partial charge in [-0.2, -0.15) is 4.73 Å². The first-order chi connectivity index (χ1) is 7.09. The van der Waals surface area contributed by atoms with E-state index >= 15 is 0 Å². The lowest BCUT2D eigenvalue weighted by molar-refractivity contribution is 0.184. The van der Waals surface area contributed by atoms with E-state index in [1.54, 1.807) is 12.1 Å². The molecule has 4 heteroatoms. The highest BCUT2D eigenvalue weighted by atomic mass is 35.5. The number of aryl methyl sites for hydroxylation is 1. The molecule has 0 saturated heterocycles. The predicted molar refractivity (Wildman–Crippen MR) is 59.3 cm³/mol. The highest BCUT2D eigenvalue weighted by Crippen LogP contribution is 2.23. The van der Waals surface area contributed by atoms with Crippen LogP contribution in [-0.2, 0) is 0 Å². The van der Waals surface area contributed by atoms with Crippen LogP contribution in [0.5, 0.6) is 0 Å². The van der Waals surface area contributed by atoms with Gasteiger partial charge in [-0.15, -0.1) is 0 Å². The number of rotatable bonds is 1. The molecule has 0 radical (unpaired) electrons. The van der Waals surface area contributed by atoms with Gasteiger partial charge in [0.1, 0.15) is 0 Å². The van der Waals surface area contributed by atoms with Gasteiger partial charge in [0, 0.05) is 10.6 Å². The second-order valence-electron chi connectivity index (χ2n) is 3.43. The lowest BCUT2D eigenvalue weighted by Gasteiger charge is -2.01. The highest BCUT2D eigenvalue weighted by molar-refractivity contribution is 6.30. The van der Waals surface area contributed by atoms with E-state index in [2.05, 4.69) is 4.98 Å². The minimum atomic E-state index is 0.521. The van der Waals surface area contributed by atoms with Crippen molar-refractivity contribution in [3.63, 3.8) is 0 Å². The summed E-state index contributed by atoms with van der Waals surface area (Å²) in [6.45, 7) is 3.67. The van der Waals surface area contributed by atoms with Crippen LogP contribution >= 0.6 is 11.6 Å². The number of aromatic nitrogens is 2. The predicted octanol–water partition coefficient (Wildman–Crippen LogP) is 3.06. The molecule has 0 unspecified atom stereocenters. The number of nitrogens with zero attached hydrogens (tertiary/aromatic N) is 2. The van der Waals surface area contributed by atoms with Crippen LogP contribution in [0.2, 0.25) is 5.02 Å². The number of hydrogen-bond acceptors (Lipinski definition) is 2. The average molecular weight is 223 g/mol. The van der Waals surface area contributed by atoms with E-state index in [9.17, 15) is 5.21 Å². The van der Waals surface area contributed by atoms with Crippen molar-refractivity contribution in [2.45, 2.75) is 13.8 Å². The number of imidazole rings is 1. The van der Waals surface area contributed by atoms with Gasteiger partial charge in [-0.3, -0.25) is 0 Å². The quantitative estimate of drug-likeness (QED) is 0.754. The molecule has 15 heavy (non-hydrogen) atoms. The number of halogens is 1. The SMILES string of the molecule is Cc1nc(-c2cccc(Cl)c2)n(O)c1C. The van der Waals surface area contributed by atoms with Gasteiger partial charge in [-0.25, -0.2) is 4.98 Å². The third kappa shape index (κ3) is 1.70. The second-order valence-corrected chi connectivity index (χ2v) is 3.86.